The van der Waals surface area contributed by atoms with Gasteiger partial charge in [-0.3, -0.25) is 4.21 Å². The summed E-state index contributed by atoms with van der Waals surface area (Å²) >= 11 is 0. The molecule has 0 spiro atoms. The maximum Gasteiger partial charge on any atom is 0.211 e. The van der Waals surface area contributed by atoms with Crippen molar-refractivity contribution in [1.82, 2.24) is 4.72 Å². The fourth-order valence-corrected chi connectivity index (χ4v) is 3.77. The fraction of sp³-hybridized carbons (Fsp3) is 0.500. The predicted octanol–water partition coefficient (Wildman–Crippen LogP) is 1.32. The molecule has 1 rings (SSSR count). The van der Waals surface area contributed by atoms with E-state index in [4.69, 9.17) is 0 Å². The topological polar surface area (TPSA) is 63.2 Å². The van der Waals surface area contributed by atoms with Crippen molar-refractivity contribution >= 4 is 20.8 Å². The lowest BCUT2D eigenvalue weighted by molar-refractivity contribution is 0.587. The molecular weight excluding hydrogens is 289 g/mol. The van der Waals surface area contributed by atoms with E-state index in [9.17, 15) is 17.0 Å². The number of hydrogen-bond donors (Lipinski definition) is 1. The number of sulfonamides is 1. The molecule has 0 saturated heterocycles. The van der Waals surface area contributed by atoms with Gasteiger partial charge >= 0.3 is 0 Å². The molecule has 0 heterocycles. The maximum absolute atomic E-state index is 12.9. The van der Waals surface area contributed by atoms with Crippen LogP contribution in [0.5, 0.6) is 0 Å². The van der Waals surface area contributed by atoms with Crippen molar-refractivity contribution in [2.24, 2.45) is 0 Å². The SMILES string of the molecule is CNS(=O)(=O)CCC[S@@](=O)Cc1ccc(F)cc1C. The number of halogens is 1. The van der Waals surface area contributed by atoms with Gasteiger partial charge in [0.25, 0.3) is 0 Å². The highest BCUT2D eigenvalue weighted by Gasteiger charge is 2.09. The maximum atomic E-state index is 12.9. The molecule has 7 heteroatoms. The molecule has 0 aliphatic carbocycles. The average molecular weight is 307 g/mol. The summed E-state index contributed by atoms with van der Waals surface area (Å²) in [5, 5.41) is 0. The van der Waals surface area contributed by atoms with Gasteiger partial charge in [-0.15, -0.1) is 0 Å². The molecule has 0 aromatic heterocycles. The van der Waals surface area contributed by atoms with Gasteiger partial charge in [-0.2, -0.15) is 0 Å². The van der Waals surface area contributed by atoms with Gasteiger partial charge in [0.1, 0.15) is 5.82 Å². The third kappa shape index (κ3) is 5.80. The highest BCUT2D eigenvalue weighted by molar-refractivity contribution is 7.89. The van der Waals surface area contributed by atoms with Crippen LogP contribution in [-0.2, 0) is 26.6 Å². The molecule has 0 aliphatic rings. The van der Waals surface area contributed by atoms with Gasteiger partial charge in [0.15, 0.2) is 0 Å². The standard InChI is InChI=1S/C12H18FNO3S2/c1-10-8-12(13)5-4-11(10)9-18(15)6-3-7-19(16,17)14-2/h4-5,8,14H,3,6-7,9H2,1-2H3/t18-/m1/s1. The van der Waals surface area contributed by atoms with E-state index in [2.05, 4.69) is 4.72 Å². The van der Waals surface area contributed by atoms with Crippen molar-refractivity contribution in [3.05, 3.63) is 35.1 Å². The normalized spacial score (nSPS) is 13.4. The lowest BCUT2D eigenvalue weighted by Gasteiger charge is -2.06. The molecule has 1 aromatic rings. The predicted molar refractivity (Wildman–Crippen MR) is 75.3 cm³/mol. The Morgan fingerprint density at radius 2 is 2.05 bits per heavy atom. The Labute approximate surface area is 115 Å². The summed E-state index contributed by atoms with van der Waals surface area (Å²) in [4.78, 5) is 0. The van der Waals surface area contributed by atoms with Crippen LogP contribution in [0.1, 0.15) is 17.5 Å². The smallest absolute Gasteiger partial charge is 0.211 e. The van der Waals surface area contributed by atoms with Crippen molar-refractivity contribution in [1.29, 1.82) is 0 Å². The first kappa shape index (κ1) is 16.3. The van der Waals surface area contributed by atoms with Crippen molar-refractivity contribution in [3.8, 4) is 0 Å². The highest BCUT2D eigenvalue weighted by Crippen LogP contribution is 2.12. The van der Waals surface area contributed by atoms with Gasteiger partial charge in [0, 0.05) is 22.3 Å². The van der Waals surface area contributed by atoms with Crippen molar-refractivity contribution in [3.63, 3.8) is 0 Å². The summed E-state index contributed by atoms with van der Waals surface area (Å²) in [7, 11) is -3.02. The summed E-state index contributed by atoms with van der Waals surface area (Å²) < 4.78 is 49.3. The Balaban J connectivity index is 2.48. The van der Waals surface area contributed by atoms with Crippen molar-refractivity contribution in [2.75, 3.05) is 18.6 Å². The van der Waals surface area contributed by atoms with Crippen LogP contribution in [-0.4, -0.2) is 31.2 Å². The van der Waals surface area contributed by atoms with Crippen molar-refractivity contribution < 1.29 is 17.0 Å². The number of aryl methyl sites for hydroxylation is 1. The van der Waals surface area contributed by atoms with E-state index in [1.165, 1.54) is 19.2 Å². The zero-order valence-electron chi connectivity index (χ0n) is 11.0. The van der Waals surface area contributed by atoms with Crippen LogP contribution < -0.4 is 4.72 Å². The molecule has 1 atom stereocenters. The minimum atomic E-state index is -3.24. The number of benzene rings is 1. The second-order valence-electron chi connectivity index (χ2n) is 4.24. The van der Waals surface area contributed by atoms with Crippen molar-refractivity contribution in [2.45, 2.75) is 19.1 Å². The third-order valence-corrected chi connectivity index (χ3v) is 5.54. The molecule has 0 unspecified atom stereocenters. The molecule has 1 aromatic carbocycles. The monoisotopic (exact) mass is 307 g/mol. The van der Waals surface area contributed by atoms with Gasteiger partial charge < -0.3 is 0 Å². The minimum absolute atomic E-state index is 0.0301. The van der Waals surface area contributed by atoms with Crippen LogP contribution in [0.2, 0.25) is 0 Å². The molecule has 4 nitrogen and oxygen atoms in total. The zero-order valence-corrected chi connectivity index (χ0v) is 12.6. The van der Waals surface area contributed by atoms with Gasteiger partial charge in [0.2, 0.25) is 10.0 Å². The Hall–Kier alpha value is -0.790. The Kier molecular flexibility index (Phi) is 6.09. The van der Waals surface area contributed by atoms with E-state index in [-0.39, 0.29) is 11.6 Å². The van der Waals surface area contributed by atoms with Crippen LogP contribution in [0.15, 0.2) is 18.2 Å². The molecule has 0 fully saturated rings. The van der Waals surface area contributed by atoms with E-state index in [0.29, 0.717) is 17.9 Å². The van der Waals surface area contributed by atoms with Crippen LogP contribution in [0, 0.1) is 12.7 Å². The van der Waals surface area contributed by atoms with Crippen LogP contribution in [0.25, 0.3) is 0 Å². The summed E-state index contributed by atoms with van der Waals surface area (Å²) in [5.41, 5.74) is 1.59. The molecule has 0 radical (unpaired) electrons. The number of nitrogens with one attached hydrogen (secondary N) is 1. The second-order valence-corrected chi connectivity index (χ2v) is 7.86. The molecular formula is C12H18FNO3S2. The molecule has 0 aliphatic heterocycles. The lowest BCUT2D eigenvalue weighted by atomic mass is 10.1. The Morgan fingerprint density at radius 3 is 2.63 bits per heavy atom. The molecule has 0 saturated carbocycles. The first-order valence-electron chi connectivity index (χ1n) is 5.85. The molecule has 0 bridgehead atoms. The third-order valence-electron chi connectivity index (χ3n) is 2.72. The van der Waals surface area contributed by atoms with Crippen LogP contribution >= 0.6 is 0 Å². The van der Waals surface area contributed by atoms with E-state index in [0.717, 1.165) is 11.1 Å². The summed E-state index contributed by atoms with van der Waals surface area (Å²) in [6.45, 7) is 1.76. The van der Waals surface area contributed by atoms with E-state index >= 15 is 0 Å². The largest absolute Gasteiger partial charge is 0.259 e. The minimum Gasteiger partial charge on any atom is -0.259 e. The van der Waals surface area contributed by atoms with Gasteiger partial charge in [-0.1, -0.05) is 6.07 Å². The molecule has 1 N–H and O–H groups in total. The average Bonchev–Trinajstić information content (AvgIpc) is 2.32. The first-order chi connectivity index (χ1) is 8.84. The molecule has 108 valence electrons. The second kappa shape index (κ2) is 7.12. The Morgan fingerprint density at radius 1 is 1.37 bits per heavy atom. The molecule has 19 heavy (non-hydrogen) atoms. The summed E-state index contributed by atoms with van der Waals surface area (Å²) in [6, 6.07) is 4.36. The Bertz CT molecular complexity index is 558. The number of rotatable bonds is 7. The zero-order chi connectivity index (χ0) is 14.5. The van der Waals surface area contributed by atoms with E-state index in [1.54, 1.807) is 13.0 Å². The van der Waals surface area contributed by atoms with E-state index in [1.807, 2.05) is 0 Å². The van der Waals surface area contributed by atoms with E-state index < -0.39 is 20.8 Å². The first-order valence-corrected chi connectivity index (χ1v) is 8.99. The molecule has 0 amide bonds. The van der Waals surface area contributed by atoms with Gasteiger partial charge in [0.05, 0.1) is 5.75 Å². The van der Waals surface area contributed by atoms with Crippen LogP contribution in [0.3, 0.4) is 0 Å². The summed E-state index contributed by atoms with van der Waals surface area (Å²) in [6.07, 6.45) is 0.343. The lowest BCUT2D eigenvalue weighted by Crippen LogP contribution is -2.23. The highest BCUT2D eigenvalue weighted by atomic mass is 32.2. The fourth-order valence-electron chi connectivity index (χ4n) is 1.58. The van der Waals surface area contributed by atoms with Crippen LogP contribution in [0.4, 0.5) is 4.39 Å². The van der Waals surface area contributed by atoms with Gasteiger partial charge in [-0.05, 0) is 43.7 Å². The number of hydrogen-bond acceptors (Lipinski definition) is 3. The van der Waals surface area contributed by atoms with Gasteiger partial charge in [-0.25, -0.2) is 17.5 Å². The quantitative estimate of drug-likeness (QED) is 0.826. The summed E-state index contributed by atoms with van der Waals surface area (Å²) in [5.74, 6) is 0.299.